The van der Waals surface area contributed by atoms with E-state index in [0.29, 0.717) is 11.1 Å². The summed E-state index contributed by atoms with van der Waals surface area (Å²) in [6.07, 6.45) is 1.06. The molecule has 0 aromatic carbocycles. The van der Waals surface area contributed by atoms with E-state index in [1.165, 1.54) is 14.2 Å². The molecule has 0 aromatic rings. The van der Waals surface area contributed by atoms with Gasteiger partial charge in [-0.1, -0.05) is 13.3 Å². The molecular weight excluding hydrogens is 224 g/mol. The first kappa shape index (κ1) is 12.1. The standard InChI is InChI=1S/C12H16O5/c1-4-6-5-7-8(11(13)15-2)9(10(6)17-7)12(14)16-3/h6-7,10H,4-5H2,1-3H3. The molecule has 0 amide bonds. The van der Waals surface area contributed by atoms with Crippen LogP contribution in [0.4, 0.5) is 0 Å². The van der Waals surface area contributed by atoms with E-state index in [1.54, 1.807) is 0 Å². The van der Waals surface area contributed by atoms with Gasteiger partial charge in [-0.2, -0.15) is 0 Å². The fourth-order valence-electron chi connectivity index (χ4n) is 2.63. The van der Waals surface area contributed by atoms with E-state index in [-0.39, 0.29) is 18.1 Å². The summed E-state index contributed by atoms with van der Waals surface area (Å²) in [6, 6.07) is 0. The highest BCUT2D eigenvalue weighted by atomic mass is 16.5. The van der Waals surface area contributed by atoms with Gasteiger partial charge in [-0.3, -0.25) is 0 Å². The summed E-state index contributed by atoms with van der Waals surface area (Å²) in [7, 11) is 2.60. The lowest BCUT2D eigenvalue weighted by Gasteiger charge is -2.20. The van der Waals surface area contributed by atoms with Crippen LogP contribution < -0.4 is 0 Å². The minimum Gasteiger partial charge on any atom is -0.466 e. The summed E-state index contributed by atoms with van der Waals surface area (Å²) in [4.78, 5) is 23.4. The van der Waals surface area contributed by atoms with E-state index < -0.39 is 11.9 Å². The van der Waals surface area contributed by atoms with Crippen molar-refractivity contribution in [2.75, 3.05) is 14.2 Å². The Kier molecular flexibility index (Phi) is 3.19. The van der Waals surface area contributed by atoms with E-state index >= 15 is 0 Å². The molecule has 0 aliphatic carbocycles. The third-order valence-electron chi connectivity index (χ3n) is 3.49. The summed E-state index contributed by atoms with van der Waals surface area (Å²) >= 11 is 0. The zero-order valence-electron chi connectivity index (χ0n) is 10.2. The molecule has 2 bridgehead atoms. The zero-order chi connectivity index (χ0) is 12.6. The van der Waals surface area contributed by atoms with E-state index in [2.05, 4.69) is 0 Å². The van der Waals surface area contributed by atoms with Crippen molar-refractivity contribution in [3.63, 3.8) is 0 Å². The van der Waals surface area contributed by atoms with Crippen LogP contribution in [-0.4, -0.2) is 38.4 Å². The number of carbonyl (C=O) groups excluding carboxylic acids is 2. The largest absolute Gasteiger partial charge is 0.466 e. The highest BCUT2D eigenvalue weighted by Gasteiger charge is 2.51. The number of carbonyl (C=O) groups is 2. The molecule has 5 heteroatoms. The predicted octanol–water partition coefficient (Wildman–Crippen LogP) is 0.826. The van der Waals surface area contributed by atoms with Gasteiger partial charge in [0.25, 0.3) is 0 Å². The Hall–Kier alpha value is -1.36. The molecule has 2 rings (SSSR count). The molecule has 0 N–H and O–H groups in total. The monoisotopic (exact) mass is 240 g/mol. The van der Waals surface area contributed by atoms with E-state index in [9.17, 15) is 9.59 Å². The number of hydrogen-bond acceptors (Lipinski definition) is 5. The van der Waals surface area contributed by atoms with Gasteiger partial charge in [-0.25, -0.2) is 9.59 Å². The molecule has 1 fully saturated rings. The lowest BCUT2D eigenvalue weighted by Crippen LogP contribution is -2.28. The highest BCUT2D eigenvalue weighted by Crippen LogP contribution is 2.45. The Balaban J connectivity index is 2.39. The molecule has 1 saturated heterocycles. The number of ether oxygens (including phenoxy) is 3. The van der Waals surface area contributed by atoms with Gasteiger partial charge in [-0.05, 0) is 12.3 Å². The molecule has 17 heavy (non-hydrogen) atoms. The minimum absolute atomic E-state index is 0.280. The molecule has 3 unspecified atom stereocenters. The average molecular weight is 240 g/mol. The van der Waals surface area contributed by atoms with Crippen molar-refractivity contribution in [3.8, 4) is 0 Å². The van der Waals surface area contributed by atoms with Crippen molar-refractivity contribution in [1.82, 2.24) is 0 Å². The van der Waals surface area contributed by atoms with E-state index in [4.69, 9.17) is 14.2 Å². The summed E-state index contributed by atoms with van der Waals surface area (Å²) in [6.45, 7) is 2.04. The molecule has 2 aliphatic heterocycles. The zero-order valence-corrected chi connectivity index (χ0v) is 10.2. The summed E-state index contributed by atoms with van der Waals surface area (Å²) in [5.74, 6) is -0.703. The van der Waals surface area contributed by atoms with Crippen LogP contribution in [0.25, 0.3) is 0 Å². The first-order valence-electron chi connectivity index (χ1n) is 5.70. The lowest BCUT2D eigenvalue weighted by molar-refractivity contribution is -0.139. The summed E-state index contributed by atoms with van der Waals surface area (Å²) in [5, 5.41) is 0. The Morgan fingerprint density at radius 3 is 2.35 bits per heavy atom. The van der Waals surface area contributed by atoms with Gasteiger partial charge in [0.1, 0.15) is 0 Å². The quantitative estimate of drug-likeness (QED) is 0.684. The third kappa shape index (κ3) is 1.74. The molecule has 0 aromatic heterocycles. The molecule has 2 heterocycles. The topological polar surface area (TPSA) is 61.8 Å². The van der Waals surface area contributed by atoms with Gasteiger partial charge < -0.3 is 14.2 Å². The van der Waals surface area contributed by atoms with Crippen molar-refractivity contribution in [1.29, 1.82) is 0 Å². The van der Waals surface area contributed by atoms with Crippen LogP contribution in [0.5, 0.6) is 0 Å². The Morgan fingerprint density at radius 2 is 1.82 bits per heavy atom. The molecule has 2 aliphatic rings. The van der Waals surface area contributed by atoms with Crippen LogP contribution in [0.15, 0.2) is 11.1 Å². The van der Waals surface area contributed by atoms with Crippen LogP contribution in [-0.2, 0) is 23.8 Å². The number of fused-ring (bicyclic) bond motifs is 2. The lowest BCUT2D eigenvalue weighted by atomic mass is 9.82. The summed E-state index contributed by atoms with van der Waals surface area (Å²) < 4.78 is 15.1. The molecule has 0 spiro atoms. The Labute approximate surface area is 99.7 Å². The van der Waals surface area contributed by atoms with Crippen molar-refractivity contribution in [2.24, 2.45) is 5.92 Å². The number of methoxy groups -OCH3 is 2. The molecule has 0 radical (unpaired) electrons. The van der Waals surface area contributed by atoms with Gasteiger partial charge in [-0.15, -0.1) is 0 Å². The average Bonchev–Trinajstić information content (AvgIpc) is 2.93. The van der Waals surface area contributed by atoms with Gasteiger partial charge in [0.15, 0.2) is 0 Å². The molecule has 94 valence electrons. The first-order valence-corrected chi connectivity index (χ1v) is 5.70. The smallest absolute Gasteiger partial charge is 0.337 e. The van der Waals surface area contributed by atoms with Crippen LogP contribution in [0.2, 0.25) is 0 Å². The van der Waals surface area contributed by atoms with Crippen LogP contribution in [0.1, 0.15) is 19.8 Å². The first-order chi connectivity index (χ1) is 8.13. The Bertz CT molecular complexity index is 384. The van der Waals surface area contributed by atoms with Crippen molar-refractivity contribution >= 4 is 11.9 Å². The Morgan fingerprint density at radius 1 is 1.24 bits per heavy atom. The highest BCUT2D eigenvalue weighted by molar-refractivity contribution is 6.03. The third-order valence-corrected chi connectivity index (χ3v) is 3.49. The van der Waals surface area contributed by atoms with Crippen molar-refractivity contribution in [2.45, 2.75) is 32.0 Å². The second kappa shape index (κ2) is 4.49. The normalized spacial score (nSPS) is 30.6. The predicted molar refractivity (Wildman–Crippen MR) is 58.1 cm³/mol. The number of esters is 2. The fourth-order valence-corrected chi connectivity index (χ4v) is 2.63. The molecular formula is C12H16O5. The maximum Gasteiger partial charge on any atom is 0.337 e. The van der Waals surface area contributed by atoms with Crippen molar-refractivity contribution in [3.05, 3.63) is 11.1 Å². The van der Waals surface area contributed by atoms with Gasteiger partial charge >= 0.3 is 11.9 Å². The maximum absolute atomic E-state index is 11.7. The SMILES string of the molecule is CCC1CC2OC1C(C(=O)OC)=C2C(=O)OC. The van der Waals surface area contributed by atoms with Gasteiger partial charge in [0, 0.05) is 0 Å². The van der Waals surface area contributed by atoms with Crippen LogP contribution >= 0.6 is 0 Å². The second-order valence-corrected chi connectivity index (χ2v) is 4.26. The van der Waals surface area contributed by atoms with E-state index in [0.717, 1.165) is 12.8 Å². The fraction of sp³-hybridized carbons (Fsp3) is 0.667. The number of hydrogen-bond donors (Lipinski definition) is 0. The van der Waals surface area contributed by atoms with E-state index in [1.807, 2.05) is 6.92 Å². The van der Waals surface area contributed by atoms with Crippen molar-refractivity contribution < 1.29 is 23.8 Å². The summed E-state index contributed by atoms with van der Waals surface area (Å²) in [5.41, 5.74) is 0.691. The maximum atomic E-state index is 11.7. The molecule has 5 nitrogen and oxygen atoms in total. The van der Waals surface area contributed by atoms with Crippen LogP contribution in [0, 0.1) is 5.92 Å². The van der Waals surface area contributed by atoms with Gasteiger partial charge in [0.2, 0.25) is 0 Å². The molecule has 3 atom stereocenters. The van der Waals surface area contributed by atoms with Gasteiger partial charge in [0.05, 0.1) is 37.6 Å². The van der Waals surface area contributed by atoms with Crippen LogP contribution in [0.3, 0.4) is 0 Å². The second-order valence-electron chi connectivity index (χ2n) is 4.26. The molecule has 0 saturated carbocycles. The number of rotatable bonds is 3. The minimum atomic E-state index is -0.493.